The lowest BCUT2D eigenvalue weighted by Crippen LogP contribution is -2.44. The Kier molecular flexibility index (Phi) is 4.66. The summed E-state index contributed by atoms with van der Waals surface area (Å²) in [7, 11) is 0. The molecule has 2 fully saturated rings. The third-order valence-electron chi connectivity index (χ3n) is 4.68. The minimum absolute atomic E-state index is 0.476. The van der Waals surface area contributed by atoms with Gasteiger partial charge in [-0.15, -0.1) is 0 Å². The van der Waals surface area contributed by atoms with E-state index >= 15 is 0 Å². The van der Waals surface area contributed by atoms with Crippen LogP contribution in [0.2, 0.25) is 0 Å². The van der Waals surface area contributed by atoms with Gasteiger partial charge >= 0.3 is 0 Å². The lowest BCUT2D eigenvalue weighted by atomic mass is 9.84. The summed E-state index contributed by atoms with van der Waals surface area (Å²) >= 11 is 0. The van der Waals surface area contributed by atoms with Gasteiger partial charge in [0.2, 0.25) is 0 Å². The van der Waals surface area contributed by atoms with Crippen molar-refractivity contribution in [1.29, 1.82) is 0 Å². The van der Waals surface area contributed by atoms with E-state index in [0.29, 0.717) is 6.04 Å². The van der Waals surface area contributed by atoms with E-state index in [1.807, 2.05) is 0 Å². The number of nitrogens with two attached hydrogens (primary N) is 1. The van der Waals surface area contributed by atoms with Crippen molar-refractivity contribution in [2.75, 3.05) is 13.1 Å². The second kappa shape index (κ2) is 6.02. The first kappa shape index (κ1) is 12.4. The summed E-state index contributed by atoms with van der Waals surface area (Å²) in [4.78, 5) is 2.71. The van der Waals surface area contributed by atoms with Crippen molar-refractivity contribution in [3.05, 3.63) is 0 Å². The molecule has 2 saturated carbocycles. The summed E-state index contributed by atoms with van der Waals surface area (Å²) in [5, 5.41) is 0. The molecule has 0 aromatic carbocycles. The van der Waals surface area contributed by atoms with E-state index in [4.69, 9.17) is 5.73 Å². The first-order chi connectivity index (χ1) is 7.81. The molecule has 2 rings (SSSR count). The van der Waals surface area contributed by atoms with Crippen LogP contribution >= 0.6 is 0 Å². The zero-order chi connectivity index (χ0) is 11.4. The molecule has 0 aromatic rings. The van der Waals surface area contributed by atoms with Crippen LogP contribution in [0.3, 0.4) is 0 Å². The van der Waals surface area contributed by atoms with Gasteiger partial charge < -0.3 is 10.6 Å². The molecule has 0 bridgehead atoms. The SMILES string of the molecule is CCN(CC1CCCCC1N)C1CCCC1. The van der Waals surface area contributed by atoms with Crippen molar-refractivity contribution in [3.63, 3.8) is 0 Å². The highest BCUT2D eigenvalue weighted by Crippen LogP contribution is 2.28. The lowest BCUT2D eigenvalue weighted by Gasteiger charge is -2.36. The van der Waals surface area contributed by atoms with Gasteiger partial charge in [-0.25, -0.2) is 0 Å². The highest BCUT2D eigenvalue weighted by atomic mass is 15.2. The van der Waals surface area contributed by atoms with Crippen molar-refractivity contribution in [1.82, 2.24) is 4.90 Å². The second-order valence-electron chi connectivity index (χ2n) is 5.73. The molecular weight excluding hydrogens is 196 g/mol. The molecule has 2 heteroatoms. The Hall–Kier alpha value is -0.0800. The van der Waals surface area contributed by atoms with Gasteiger partial charge in [0.05, 0.1) is 0 Å². The van der Waals surface area contributed by atoms with E-state index < -0.39 is 0 Å². The molecular formula is C14H28N2. The van der Waals surface area contributed by atoms with Gasteiger partial charge in [0.15, 0.2) is 0 Å². The summed E-state index contributed by atoms with van der Waals surface area (Å²) in [6.07, 6.45) is 11.1. The first-order valence-corrected chi connectivity index (χ1v) is 7.31. The Bertz CT molecular complexity index is 199. The van der Waals surface area contributed by atoms with E-state index in [-0.39, 0.29) is 0 Å². The lowest BCUT2D eigenvalue weighted by molar-refractivity contribution is 0.146. The average Bonchev–Trinajstić information content (AvgIpc) is 2.81. The van der Waals surface area contributed by atoms with Crippen LogP contribution < -0.4 is 5.73 Å². The molecule has 16 heavy (non-hydrogen) atoms. The normalized spacial score (nSPS) is 32.4. The van der Waals surface area contributed by atoms with Gasteiger partial charge in [-0.1, -0.05) is 32.6 Å². The van der Waals surface area contributed by atoms with Gasteiger partial charge in [0, 0.05) is 18.6 Å². The molecule has 94 valence electrons. The highest BCUT2D eigenvalue weighted by molar-refractivity contribution is 4.84. The van der Waals surface area contributed by atoms with Crippen LogP contribution in [0.25, 0.3) is 0 Å². The number of nitrogens with zero attached hydrogens (tertiary/aromatic N) is 1. The van der Waals surface area contributed by atoms with E-state index in [2.05, 4.69) is 11.8 Å². The monoisotopic (exact) mass is 224 g/mol. The van der Waals surface area contributed by atoms with Crippen LogP contribution in [0.4, 0.5) is 0 Å². The van der Waals surface area contributed by atoms with Crippen molar-refractivity contribution >= 4 is 0 Å². The highest BCUT2D eigenvalue weighted by Gasteiger charge is 2.27. The quantitative estimate of drug-likeness (QED) is 0.795. The standard InChI is InChI=1S/C14H28N2/c1-2-16(13-8-4-5-9-13)11-12-7-3-6-10-14(12)15/h12-14H,2-11,15H2,1H3. The molecule has 0 amide bonds. The van der Waals surface area contributed by atoms with E-state index in [1.54, 1.807) is 0 Å². The van der Waals surface area contributed by atoms with Crippen molar-refractivity contribution in [3.8, 4) is 0 Å². The maximum Gasteiger partial charge on any atom is 0.00952 e. The molecule has 2 unspecified atom stereocenters. The molecule has 2 aliphatic carbocycles. The van der Waals surface area contributed by atoms with Gasteiger partial charge in [-0.3, -0.25) is 0 Å². The second-order valence-corrected chi connectivity index (χ2v) is 5.73. The summed E-state index contributed by atoms with van der Waals surface area (Å²) in [6.45, 7) is 4.79. The molecule has 0 aliphatic heterocycles. The topological polar surface area (TPSA) is 29.3 Å². The molecule has 2 atom stereocenters. The van der Waals surface area contributed by atoms with E-state index in [9.17, 15) is 0 Å². The zero-order valence-corrected chi connectivity index (χ0v) is 10.8. The molecule has 2 aliphatic rings. The Balaban J connectivity index is 1.84. The van der Waals surface area contributed by atoms with Gasteiger partial charge in [-0.2, -0.15) is 0 Å². The van der Waals surface area contributed by atoms with Gasteiger partial charge in [-0.05, 0) is 38.1 Å². The molecule has 0 radical (unpaired) electrons. The van der Waals surface area contributed by atoms with Crippen molar-refractivity contribution in [2.24, 2.45) is 11.7 Å². The van der Waals surface area contributed by atoms with E-state index in [0.717, 1.165) is 12.0 Å². The summed E-state index contributed by atoms with van der Waals surface area (Å²) in [5.41, 5.74) is 6.25. The van der Waals surface area contributed by atoms with Crippen LogP contribution in [0.1, 0.15) is 58.3 Å². The van der Waals surface area contributed by atoms with Crippen LogP contribution in [0.5, 0.6) is 0 Å². The number of hydrogen-bond donors (Lipinski definition) is 1. The fourth-order valence-electron chi connectivity index (χ4n) is 3.57. The zero-order valence-electron chi connectivity index (χ0n) is 10.8. The maximum absolute atomic E-state index is 6.25. The van der Waals surface area contributed by atoms with Gasteiger partial charge in [0.1, 0.15) is 0 Å². The molecule has 2 nitrogen and oxygen atoms in total. The fourth-order valence-corrected chi connectivity index (χ4v) is 3.57. The fraction of sp³-hybridized carbons (Fsp3) is 1.00. The molecule has 0 heterocycles. The summed E-state index contributed by atoms with van der Waals surface area (Å²) < 4.78 is 0. The average molecular weight is 224 g/mol. The number of rotatable bonds is 4. The minimum Gasteiger partial charge on any atom is -0.327 e. The van der Waals surface area contributed by atoms with Crippen molar-refractivity contribution in [2.45, 2.75) is 70.4 Å². The Morgan fingerprint density at radius 3 is 2.25 bits per heavy atom. The predicted octanol–water partition coefficient (Wildman–Crippen LogP) is 2.77. The molecule has 0 saturated heterocycles. The largest absolute Gasteiger partial charge is 0.327 e. The van der Waals surface area contributed by atoms with Crippen LogP contribution in [0.15, 0.2) is 0 Å². The Labute approximate surface area is 101 Å². The summed E-state index contributed by atoms with van der Waals surface area (Å²) in [6, 6.07) is 1.35. The van der Waals surface area contributed by atoms with Crippen molar-refractivity contribution < 1.29 is 0 Å². The van der Waals surface area contributed by atoms with Crippen LogP contribution in [-0.4, -0.2) is 30.1 Å². The molecule has 2 N–H and O–H groups in total. The number of hydrogen-bond acceptors (Lipinski definition) is 2. The smallest absolute Gasteiger partial charge is 0.00952 e. The molecule has 0 aromatic heterocycles. The van der Waals surface area contributed by atoms with Gasteiger partial charge in [0.25, 0.3) is 0 Å². The van der Waals surface area contributed by atoms with Crippen LogP contribution in [-0.2, 0) is 0 Å². The maximum atomic E-state index is 6.25. The van der Waals surface area contributed by atoms with Crippen LogP contribution in [0, 0.1) is 5.92 Å². The predicted molar refractivity (Wildman–Crippen MR) is 69.4 cm³/mol. The third kappa shape index (κ3) is 2.98. The molecule has 0 spiro atoms. The van der Waals surface area contributed by atoms with E-state index in [1.165, 1.54) is 64.5 Å². The Morgan fingerprint density at radius 2 is 1.62 bits per heavy atom. The first-order valence-electron chi connectivity index (χ1n) is 7.31. The summed E-state index contributed by atoms with van der Waals surface area (Å²) in [5.74, 6) is 0.772. The Morgan fingerprint density at radius 1 is 1.00 bits per heavy atom. The third-order valence-corrected chi connectivity index (χ3v) is 4.68. The minimum atomic E-state index is 0.476.